The zero-order valence-corrected chi connectivity index (χ0v) is 19.7. The Balaban J connectivity index is 1.98. The van der Waals surface area contributed by atoms with Crippen LogP contribution in [0.5, 0.6) is 0 Å². The average Bonchev–Trinajstić information content (AvgIpc) is 3.19. The minimum atomic E-state index is -3.56. The molecule has 4 aromatic carbocycles. The molecule has 1 unspecified atom stereocenters. The Morgan fingerprint density at radius 2 is 1.13 bits per heavy atom. The van der Waals surface area contributed by atoms with Crippen molar-refractivity contribution < 1.29 is 9.53 Å². The van der Waals surface area contributed by atoms with E-state index in [2.05, 4.69) is 51.9 Å². The molecule has 0 fully saturated rings. The summed E-state index contributed by atoms with van der Waals surface area (Å²) in [5.74, 6) is -0.951. The molecule has 0 radical (unpaired) electrons. The van der Waals surface area contributed by atoms with Gasteiger partial charge in [-0.25, -0.2) is 0 Å². The molecule has 154 valence electrons. The van der Waals surface area contributed by atoms with Gasteiger partial charge in [0.25, 0.3) is 0 Å². The van der Waals surface area contributed by atoms with Gasteiger partial charge in [0.2, 0.25) is 0 Å². The molecule has 0 saturated carbocycles. The molecule has 0 spiro atoms. The van der Waals surface area contributed by atoms with E-state index in [0.29, 0.717) is 10.6 Å². The number of benzene rings is 4. The number of fused-ring (bicyclic) bond motifs is 1. The summed E-state index contributed by atoms with van der Waals surface area (Å²) in [6, 6.07) is 36.2. The standard InChI is InChI=1S/C26H19BrClO2P/c27-31(19-11-4-1-5-12-19,20-13-6-2-7-14-20,21-15-8-3-9-16-21)26-24-22(25(29)30-26)17-10-18-23(24)28/h1-18,26H. The van der Waals surface area contributed by atoms with Crippen molar-refractivity contribution in [3.8, 4) is 0 Å². The summed E-state index contributed by atoms with van der Waals surface area (Å²) in [5.41, 5.74) is 1.26. The summed E-state index contributed by atoms with van der Waals surface area (Å²) < 4.78 is 6.23. The number of carbonyl (C=O) groups is 1. The molecular formula is C26H19BrClO2P. The van der Waals surface area contributed by atoms with Crippen molar-refractivity contribution in [1.29, 1.82) is 0 Å². The Labute approximate surface area is 194 Å². The molecule has 0 amide bonds. The first kappa shape index (κ1) is 20.5. The number of carbonyl (C=O) groups excluding carboxylic acids is 1. The van der Waals surface area contributed by atoms with Crippen LogP contribution in [0, 0.1) is 0 Å². The van der Waals surface area contributed by atoms with Crippen LogP contribution in [0.2, 0.25) is 5.02 Å². The van der Waals surface area contributed by atoms with Crippen molar-refractivity contribution in [2.45, 2.75) is 5.85 Å². The molecule has 4 aromatic rings. The molecule has 5 heteroatoms. The van der Waals surface area contributed by atoms with Crippen molar-refractivity contribution in [1.82, 2.24) is 0 Å². The third kappa shape index (κ3) is 2.84. The molecule has 0 N–H and O–H groups in total. The fraction of sp³-hybridized carbons (Fsp3) is 0.0385. The Kier molecular flexibility index (Phi) is 5.01. The summed E-state index contributed by atoms with van der Waals surface area (Å²) in [6.45, 7) is 0. The summed E-state index contributed by atoms with van der Waals surface area (Å²) >= 11 is 11.1. The van der Waals surface area contributed by atoms with E-state index >= 15 is 0 Å². The first-order chi connectivity index (χ1) is 15.1. The van der Waals surface area contributed by atoms with E-state index in [4.69, 9.17) is 16.3 Å². The van der Waals surface area contributed by atoms with Crippen molar-refractivity contribution in [3.63, 3.8) is 0 Å². The van der Waals surface area contributed by atoms with Gasteiger partial charge in [-0.1, -0.05) is 0 Å². The topological polar surface area (TPSA) is 26.3 Å². The Morgan fingerprint density at radius 3 is 1.58 bits per heavy atom. The normalized spacial score (nSPS) is 16.8. The number of hydrogen-bond acceptors (Lipinski definition) is 2. The molecule has 1 heterocycles. The van der Waals surface area contributed by atoms with Gasteiger partial charge in [-0.2, -0.15) is 0 Å². The molecule has 1 atom stereocenters. The first-order valence-corrected chi connectivity index (χ1v) is 14.6. The molecule has 0 saturated heterocycles. The average molecular weight is 510 g/mol. The van der Waals surface area contributed by atoms with Gasteiger partial charge in [-0.15, -0.1) is 0 Å². The van der Waals surface area contributed by atoms with Crippen LogP contribution in [0.1, 0.15) is 21.8 Å². The maximum absolute atomic E-state index is 13.0. The monoisotopic (exact) mass is 508 g/mol. The van der Waals surface area contributed by atoms with E-state index in [0.717, 1.165) is 21.5 Å². The van der Waals surface area contributed by atoms with Gasteiger partial charge in [-0.3, -0.25) is 0 Å². The van der Waals surface area contributed by atoms with Crippen molar-refractivity contribution in [2.24, 2.45) is 0 Å². The number of hydrogen-bond donors (Lipinski definition) is 0. The van der Waals surface area contributed by atoms with E-state index in [1.54, 1.807) is 12.1 Å². The summed E-state index contributed by atoms with van der Waals surface area (Å²) in [6.07, 6.45) is 0. The number of rotatable bonds is 4. The Morgan fingerprint density at radius 1 is 0.677 bits per heavy atom. The number of ether oxygens (including phenoxy) is 1. The zero-order valence-electron chi connectivity index (χ0n) is 16.5. The molecule has 0 aliphatic carbocycles. The van der Waals surface area contributed by atoms with Gasteiger partial charge in [-0.05, 0) is 0 Å². The SMILES string of the molecule is O=C1OC(P(Br)(c2ccccc2)(c2ccccc2)c2ccccc2)c2c(Cl)cccc21. The van der Waals surface area contributed by atoms with E-state index in [1.807, 2.05) is 60.7 Å². The molecule has 2 nitrogen and oxygen atoms in total. The summed E-state index contributed by atoms with van der Waals surface area (Å²) in [7, 11) is 0. The van der Waals surface area contributed by atoms with Gasteiger partial charge < -0.3 is 0 Å². The van der Waals surface area contributed by atoms with Crippen LogP contribution in [0.15, 0.2) is 109 Å². The van der Waals surface area contributed by atoms with Crippen LogP contribution in [0.25, 0.3) is 0 Å². The molecule has 5 rings (SSSR count). The fourth-order valence-corrected chi connectivity index (χ4v) is 12.9. The third-order valence-corrected chi connectivity index (χ3v) is 16.3. The van der Waals surface area contributed by atoms with E-state index in [-0.39, 0.29) is 5.97 Å². The van der Waals surface area contributed by atoms with E-state index in [1.165, 1.54) is 0 Å². The van der Waals surface area contributed by atoms with Crippen LogP contribution >= 0.6 is 32.4 Å². The predicted octanol–water partition coefficient (Wildman–Crippen LogP) is 6.35. The summed E-state index contributed by atoms with van der Waals surface area (Å²) in [5, 5.41) is 0.174. The van der Waals surface area contributed by atoms with Crippen LogP contribution in [-0.4, -0.2) is 5.97 Å². The Hall–Kier alpha value is -2.45. The van der Waals surface area contributed by atoms with Gasteiger partial charge in [0, 0.05) is 0 Å². The summed E-state index contributed by atoms with van der Waals surface area (Å²) in [4.78, 5) is 13.0. The van der Waals surface area contributed by atoms with Crippen molar-refractivity contribution in [2.75, 3.05) is 0 Å². The fourth-order valence-electron chi connectivity index (χ4n) is 4.54. The predicted molar refractivity (Wildman–Crippen MR) is 134 cm³/mol. The molecule has 0 bridgehead atoms. The van der Waals surface area contributed by atoms with Gasteiger partial charge >= 0.3 is 195 Å². The van der Waals surface area contributed by atoms with Gasteiger partial charge in [0.1, 0.15) is 0 Å². The molecule has 1 aliphatic rings. The number of halogens is 2. The van der Waals surface area contributed by atoms with Gasteiger partial charge in [0.05, 0.1) is 0 Å². The second-order valence-corrected chi connectivity index (χ2v) is 16.5. The number of esters is 1. The van der Waals surface area contributed by atoms with E-state index < -0.39 is 11.2 Å². The van der Waals surface area contributed by atoms with Crippen molar-refractivity contribution in [3.05, 3.63) is 125 Å². The minimum absolute atomic E-state index is 0.348. The molecule has 0 aromatic heterocycles. The van der Waals surface area contributed by atoms with Crippen LogP contribution < -0.4 is 15.9 Å². The number of cyclic esters (lactones) is 1. The quantitative estimate of drug-likeness (QED) is 0.237. The van der Waals surface area contributed by atoms with Crippen LogP contribution in [0.4, 0.5) is 0 Å². The van der Waals surface area contributed by atoms with E-state index in [9.17, 15) is 4.79 Å². The van der Waals surface area contributed by atoms with Crippen molar-refractivity contribution >= 4 is 54.3 Å². The zero-order chi connectivity index (χ0) is 21.5. The maximum atomic E-state index is 13.0. The third-order valence-electron chi connectivity index (χ3n) is 5.96. The molecular weight excluding hydrogens is 491 g/mol. The Bertz CT molecular complexity index is 1160. The van der Waals surface area contributed by atoms with Gasteiger partial charge in [0.15, 0.2) is 0 Å². The van der Waals surface area contributed by atoms with Crippen LogP contribution in [0.3, 0.4) is 0 Å². The second-order valence-electron chi connectivity index (χ2n) is 7.54. The molecule has 31 heavy (non-hydrogen) atoms. The van der Waals surface area contributed by atoms with Crippen LogP contribution in [-0.2, 0) is 4.74 Å². The molecule has 1 aliphatic heterocycles. The first-order valence-electron chi connectivity index (χ1n) is 9.95. The second kappa shape index (κ2) is 7.60.